The Morgan fingerprint density at radius 2 is 2.16 bits per heavy atom. The van der Waals surface area contributed by atoms with Crippen LogP contribution in [0.4, 0.5) is 5.69 Å². The Morgan fingerprint density at radius 1 is 1.47 bits per heavy atom. The highest BCUT2D eigenvalue weighted by Crippen LogP contribution is 2.37. The first-order valence-corrected chi connectivity index (χ1v) is 7.64. The number of carboxylic acids is 1. The van der Waals surface area contributed by atoms with Crippen molar-refractivity contribution >= 4 is 61.0 Å². The van der Waals surface area contributed by atoms with Crippen molar-refractivity contribution in [2.45, 2.75) is 6.42 Å². The fraction of sp³-hybridized carbons (Fsp3) is 0.333. The molecule has 102 valence electrons. The van der Waals surface area contributed by atoms with Gasteiger partial charge in [-0.3, -0.25) is 4.79 Å². The van der Waals surface area contributed by atoms with E-state index < -0.39 is 5.97 Å². The molecule has 0 aromatic heterocycles. The third-order valence-electron chi connectivity index (χ3n) is 2.95. The number of benzene rings is 1. The maximum atomic E-state index is 12.0. The summed E-state index contributed by atoms with van der Waals surface area (Å²) in [6.07, 6.45) is 0.352. The summed E-state index contributed by atoms with van der Waals surface area (Å²) in [4.78, 5) is 24.8. The van der Waals surface area contributed by atoms with Crippen LogP contribution in [0.3, 0.4) is 0 Å². The zero-order valence-electron chi connectivity index (χ0n) is 9.70. The zero-order valence-corrected chi connectivity index (χ0v) is 13.6. The van der Waals surface area contributed by atoms with E-state index in [9.17, 15) is 14.7 Å². The molecule has 1 aliphatic rings. The number of alkyl halides is 1. The highest BCUT2D eigenvalue weighted by atomic mass is 79.9. The van der Waals surface area contributed by atoms with Crippen LogP contribution in [-0.2, 0) is 4.79 Å². The van der Waals surface area contributed by atoms with Crippen LogP contribution < -0.4 is 4.90 Å². The van der Waals surface area contributed by atoms with E-state index in [4.69, 9.17) is 11.6 Å². The van der Waals surface area contributed by atoms with Gasteiger partial charge in [0.1, 0.15) is 0 Å². The molecule has 0 spiro atoms. The van der Waals surface area contributed by atoms with Crippen LogP contribution in [0.5, 0.6) is 0 Å². The summed E-state index contributed by atoms with van der Waals surface area (Å²) in [6, 6.07) is 3.22. The van der Waals surface area contributed by atoms with Crippen molar-refractivity contribution < 1.29 is 14.7 Å². The Balaban J connectivity index is 2.50. The van der Waals surface area contributed by atoms with E-state index in [0.29, 0.717) is 33.5 Å². The molecule has 7 heteroatoms. The van der Waals surface area contributed by atoms with Crippen LogP contribution in [0.25, 0.3) is 0 Å². The molecule has 1 N–H and O–H groups in total. The van der Waals surface area contributed by atoms with Crippen molar-refractivity contribution in [3.8, 4) is 0 Å². The molecule has 2 rings (SSSR count). The summed E-state index contributed by atoms with van der Waals surface area (Å²) >= 11 is 12.4. The molecule has 0 saturated carbocycles. The monoisotopic (exact) mass is 409 g/mol. The maximum absolute atomic E-state index is 12.0. The molecular formula is C12H10Br2ClNO3. The Labute approximate surface area is 132 Å². The maximum Gasteiger partial charge on any atom is 0.337 e. The van der Waals surface area contributed by atoms with Crippen molar-refractivity contribution in [3.63, 3.8) is 0 Å². The third kappa shape index (κ3) is 2.95. The van der Waals surface area contributed by atoms with Gasteiger partial charge in [0.2, 0.25) is 5.91 Å². The van der Waals surface area contributed by atoms with Crippen LogP contribution in [0, 0.1) is 5.92 Å². The van der Waals surface area contributed by atoms with Crippen LogP contribution in [-0.4, -0.2) is 29.4 Å². The molecule has 1 unspecified atom stereocenters. The molecule has 1 aromatic carbocycles. The lowest BCUT2D eigenvalue weighted by atomic mass is 10.1. The number of anilines is 1. The number of aromatic carboxylic acids is 1. The number of halogens is 3. The first kappa shape index (κ1) is 14.8. The number of carbonyl (C=O) groups is 2. The fourth-order valence-corrected chi connectivity index (χ4v) is 3.75. The molecule has 0 aliphatic carbocycles. The minimum absolute atomic E-state index is 0.0614. The van der Waals surface area contributed by atoms with Gasteiger partial charge >= 0.3 is 5.97 Å². The molecule has 4 nitrogen and oxygen atoms in total. The molecule has 1 atom stereocenters. The van der Waals surface area contributed by atoms with Gasteiger partial charge < -0.3 is 10.0 Å². The Bertz CT molecular complexity index is 550. The van der Waals surface area contributed by atoms with Crippen molar-refractivity contribution in [2.24, 2.45) is 5.92 Å². The molecule has 1 aliphatic heterocycles. The van der Waals surface area contributed by atoms with Gasteiger partial charge in [-0.05, 0) is 34.0 Å². The van der Waals surface area contributed by atoms with Crippen molar-refractivity contribution in [1.29, 1.82) is 0 Å². The molecular weight excluding hydrogens is 401 g/mol. The van der Waals surface area contributed by atoms with E-state index in [2.05, 4.69) is 31.9 Å². The largest absolute Gasteiger partial charge is 0.478 e. The minimum atomic E-state index is -1.07. The Morgan fingerprint density at radius 3 is 2.68 bits per heavy atom. The van der Waals surface area contributed by atoms with Gasteiger partial charge in [-0.2, -0.15) is 0 Å². The average molecular weight is 411 g/mol. The van der Waals surface area contributed by atoms with Crippen LogP contribution in [0.1, 0.15) is 16.8 Å². The molecule has 19 heavy (non-hydrogen) atoms. The highest BCUT2D eigenvalue weighted by molar-refractivity contribution is 9.11. The summed E-state index contributed by atoms with van der Waals surface area (Å²) < 4.78 is 1.21. The van der Waals surface area contributed by atoms with E-state index in [1.807, 2.05) is 0 Å². The van der Waals surface area contributed by atoms with Gasteiger partial charge in [0, 0.05) is 27.8 Å². The second kappa shape index (κ2) is 5.81. The van der Waals surface area contributed by atoms with E-state index in [1.54, 1.807) is 6.07 Å². The molecule has 1 amide bonds. The van der Waals surface area contributed by atoms with Crippen molar-refractivity contribution in [3.05, 3.63) is 26.6 Å². The van der Waals surface area contributed by atoms with Crippen LogP contribution >= 0.6 is 43.5 Å². The predicted molar refractivity (Wildman–Crippen MR) is 80.0 cm³/mol. The summed E-state index contributed by atoms with van der Waals surface area (Å²) in [6.45, 7) is 0.447. The van der Waals surface area contributed by atoms with Gasteiger partial charge in [0.25, 0.3) is 0 Å². The lowest BCUT2D eigenvalue weighted by Gasteiger charge is -2.20. The summed E-state index contributed by atoms with van der Waals surface area (Å²) in [7, 11) is 0. The fourth-order valence-electron chi connectivity index (χ4n) is 2.10. The molecule has 1 aromatic rings. The second-order valence-electron chi connectivity index (χ2n) is 4.32. The first-order chi connectivity index (χ1) is 8.93. The number of hydrogen-bond donors (Lipinski definition) is 1. The van der Waals surface area contributed by atoms with Gasteiger partial charge in [-0.25, -0.2) is 4.79 Å². The summed E-state index contributed by atoms with van der Waals surface area (Å²) in [5.41, 5.74) is 0.484. The van der Waals surface area contributed by atoms with Crippen LogP contribution in [0.2, 0.25) is 0 Å². The summed E-state index contributed by atoms with van der Waals surface area (Å²) in [5.74, 6) is -0.722. The molecule has 0 bridgehead atoms. The molecule has 1 heterocycles. The lowest BCUT2D eigenvalue weighted by Crippen LogP contribution is -2.27. The average Bonchev–Trinajstić information content (AvgIpc) is 2.69. The molecule has 1 saturated heterocycles. The first-order valence-electron chi connectivity index (χ1n) is 5.52. The minimum Gasteiger partial charge on any atom is -0.478 e. The number of nitrogens with zero attached hydrogens (tertiary/aromatic N) is 1. The lowest BCUT2D eigenvalue weighted by molar-refractivity contribution is -0.117. The SMILES string of the molecule is O=C(O)c1cc(Br)cc(Br)c1N1CC(CCl)CC1=O. The predicted octanol–water partition coefficient (Wildman–Crippen LogP) is 3.50. The topological polar surface area (TPSA) is 57.6 Å². The van der Waals surface area contributed by atoms with Crippen LogP contribution in [0.15, 0.2) is 21.1 Å². The molecule has 0 radical (unpaired) electrons. The van der Waals surface area contributed by atoms with E-state index in [-0.39, 0.29) is 17.4 Å². The summed E-state index contributed by atoms with van der Waals surface area (Å²) in [5, 5.41) is 9.28. The van der Waals surface area contributed by atoms with E-state index in [0.717, 1.165) is 0 Å². The Hall–Kier alpha value is -0.590. The normalized spacial score (nSPS) is 19.0. The van der Waals surface area contributed by atoms with Gasteiger partial charge in [-0.1, -0.05) is 15.9 Å². The van der Waals surface area contributed by atoms with E-state index in [1.165, 1.54) is 11.0 Å². The highest BCUT2D eigenvalue weighted by Gasteiger charge is 2.33. The zero-order chi connectivity index (χ0) is 14.2. The standard InChI is InChI=1S/C12H10Br2ClNO3/c13-7-2-8(12(18)19)11(9(14)3-7)16-5-6(4-15)1-10(16)17/h2-3,6H,1,4-5H2,(H,18,19). The number of amides is 1. The molecule has 1 fully saturated rings. The smallest absolute Gasteiger partial charge is 0.337 e. The third-order valence-corrected chi connectivity index (χ3v) is 4.45. The second-order valence-corrected chi connectivity index (χ2v) is 6.40. The van der Waals surface area contributed by atoms with Gasteiger partial charge in [-0.15, -0.1) is 11.6 Å². The van der Waals surface area contributed by atoms with Gasteiger partial charge in [0.05, 0.1) is 11.3 Å². The van der Waals surface area contributed by atoms with Gasteiger partial charge in [0.15, 0.2) is 0 Å². The van der Waals surface area contributed by atoms with E-state index >= 15 is 0 Å². The number of carbonyl (C=O) groups excluding carboxylic acids is 1. The Kier molecular flexibility index (Phi) is 4.53. The number of rotatable bonds is 3. The number of carboxylic acid groups (broad SMARTS) is 1. The quantitative estimate of drug-likeness (QED) is 0.775. The van der Waals surface area contributed by atoms with Crippen molar-refractivity contribution in [1.82, 2.24) is 0 Å². The van der Waals surface area contributed by atoms with Crippen molar-refractivity contribution in [2.75, 3.05) is 17.3 Å². The number of hydrogen-bond acceptors (Lipinski definition) is 2.